The highest BCUT2D eigenvalue weighted by atomic mass is 16.5. The van der Waals surface area contributed by atoms with Crippen molar-refractivity contribution in [1.29, 1.82) is 0 Å². The Morgan fingerprint density at radius 3 is 2.36 bits per heavy atom. The van der Waals surface area contributed by atoms with Crippen LogP contribution in [0.3, 0.4) is 0 Å². The van der Waals surface area contributed by atoms with Crippen LogP contribution in [0.15, 0.2) is 27.8 Å². The average Bonchev–Trinajstić information content (AvgIpc) is 2.57. The molecule has 0 aliphatic carbocycles. The Morgan fingerprint density at radius 1 is 1.04 bits per heavy atom. The predicted octanol–water partition coefficient (Wildman–Crippen LogP) is 3.20. The van der Waals surface area contributed by atoms with Gasteiger partial charge >= 0.3 is 0 Å². The Balaban J connectivity index is 2.28. The topological polar surface area (TPSA) is 53.2 Å². The molecule has 5 nitrogen and oxygen atoms in total. The Hall–Kier alpha value is -2.56. The molecule has 1 atom stereocenters. The monoisotopic (exact) mass is 338 g/mol. The molecule has 5 heteroatoms. The zero-order valence-electron chi connectivity index (χ0n) is 15.0. The van der Waals surface area contributed by atoms with Crippen molar-refractivity contribution in [2.45, 2.75) is 39.7 Å². The Morgan fingerprint density at radius 2 is 1.68 bits per heavy atom. The summed E-state index contributed by atoms with van der Waals surface area (Å²) in [6.07, 6.45) is 1.87. The maximum Gasteiger partial charge on any atom is 0.251 e. The van der Waals surface area contributed by atoms with Crippen LogP contribution in [-0.4, -0.2) is 15.7 Å². The van der Waals surface area contributed by atoms with E-state index in [1.165, 1.54) is 0 Å². The van der Waals surface area contributed by atoms with Gasteiger partial charge in [0, 0.05) is 30.0 Å². The summed E-state index contributed by atoms with van der Waals surface area (Å²) in [5.74, 6) is 0.656. The third-order valence-corrected chi connectivity index (χ3v) is 5.31. The predicted molar refractivity (Wildman–Crippen MR) is 99.9 cm³/mol. The van der Waals surface area contributed by atoms with E-state index in [0.29, 0.717) is 12.4 Å². The van der Waals surface area contributed by atoms with Gasteiger partial charge in [-0.1, -0.05) is 13.3 Å². The second-order valence-corrected chi connectivity index (χ2v) is 7.01. The quantitative estimate of drug-likeness (QED) is 0.674. The number of fused-ring (bicyclic) bond motifs is 2. The molecule has 0 saturated carbocycles. The van der Waals surface area contributed by atoms with Crippen LogP contribution in [-0.2, 0) is 7.05 Å². The van der Waals surface area contributed by atoms with Gasteiger partial charge in [-0.05, 0) is 37.5 Å². The number of benzene rings is 1. The largest absolute Gasteiger partial charge is 0.487 e. The number of ether oxygens (including phenoxy) is 1. The van der Waals surface area contributed by atoms with Crippen LogP contribution in [0.2, 0.25) is 0 Å². The first kappa shape index (κ1) is 15.9. The third kappa shape index (κ3) is 2.15. The maximum atomic E-state index is 12.8. The number of pyridine rings is 2. The van der Waals surface area contributed by atoms with Gasteiger partial charge in [0.1, 0.15) is 6.61 Å². The number of aryl methyl sites for hydroxylation is 3. The van der Waals surface area contributed by atoms with Gasteiger partial charge in [-0.25, -0.2) is 0 Å². The van der Waals surface area contributed by atoms with Crippen LogP contribution in [0.1, 0.15) is 36.9 Å². The summed E-state index contributed by atoms with van der Waals surface area (Å²) in [6, 6.07) is 5.48. The number of hydrogen-bond acceptors (Lipinski definition) is 3. The van der Waals surface area contributed by atoms with Crippen molar-refractivity contribution in [2.24, 2.45) is 7.05 Å². The summed E-state index contributed by atoms with van der Waals surface area (Å²) < 4.78 is 9.65. The molecule has 4 rings (SSSR count). The van der Waals surface area contributed by atoms with Crippen LogP contribution in [0, 0.1) is 13.8 Å². The van der Waals surface area contributed by atoms with E-state index in [4.69, 9.17) is 4.74 Å². The molecule has 130 valence electrons. The first-order valence-corrected chi connectivity index (χ1v) is 8.76. The molecule has 1 aliphatic rings. The second kappa shape index (κ2) is 5.48. The number of rotatable bonds is 2. The highest BCUT2D eigenvalue weighted by molar-refractivity contribution is 6.04. The minimum Gasteiger partial charge on any atom is -0.487 e. The lowest BCUT2D eigenvalue weighted by atomic mass is 10.00. The van der Waals surface area contributed by atoms with Crippen LogP contribution in [0.4, 0.5) is 0 Å². The average molecular weight is 338 g/mol. The molecule has 2 aromatic heterocycles. The number of aromatic nitrogens is 2. The lowest BCUT2D eigenvalue weighted by Gasteiger charge is -2.30. The van der Waals surface area contributed by atoms with Crippen LogP contribution >= 0.6 is 0 Å². The molecule has 1 unspecified atom stereocenters. The van der Waals surface area contributed by atoms with E-state index < -0.39 is 0 Å². The van der Waals surface area contributed by atoms with E-state index in [-0.39, 0.29) is 17.2 Å². The van der Waals surface area contributed by atoms with E-state index in [1.807, 2.05) is 18.4 Å². The standard InChI is InChI=1S/C20H22N2O3/c1-5-6-13-10-25-20-18-14(11(2)7-16(23)21(18)4)9-15-12(3)8-17(24)22(13)19(15)20/h7-9,13H,5-6,10H2,1-4H3. The molecule has 0 amide bonds. The van der Waals surface area contributed by atoms with Gasteiger partial charge in [-0.15, -0.1) is 0 Å². The summed E-state index contributed by atoms with van der Waals surface area (Å²) in [4.78, 5) is 25.1. The van der Waals surface area contributed by atoms with Crippen molar-refractivity contribution in [3.63, 3.8) is 0 Å². The molecular weight excluding hydrogens is 316 g/mol. The molecule has 0 fully saturated rings. The number of hydrogen-bond donors (Lipinski definition) is 0. The molecule has 3 aromatic rings. The Bertz CT molecular complexity index is 1140. The lowest BCUT2D eigenvalue weighted by Crippen LogP contribution is -2.33. The van der Waals surface area contributed by atoms with Gasteiger partial charge in [0.05, 0.1) is 17.1 Å². The molecule has 25 heavy (non-hydrogen) atoms. The van der Waals surface area contributed by atoms with Crippen molar-refractivity contribution >= 4 is 21.8 Å². The minimum absolute atomic E-state index is 0.00463. The van der Waals surface area contributed by atoms with Gasteiger partial charge in [0.2, 0.25) is 0 Å². The fraction of sp³-hybridized carbons (Fsp3) is 0.400. The summed E-state index contributed by atoms with van der Waals surface area (Å²) in [5, 5.41) is 2.01. The van der Waals surface area contributed by atoms with Crippen LogP contribution in [0.5, 0.6) is 5.75 Å². The van der Waals surface area contributed by atoms with E-state index in [0.717, 1.165) is 45.8 Å². The first-order chi connectivity index (χ1) is 11.9. The van der Waals surface area contributed by atoms with Crippen molar-refractivity contribution in [3.8, 4) is 5.75 Å². The fourth-order valence-corrected chi connectivity index (χ4v) is 4.02. The molecule has 3 heterocycles. The molecule has 0 saturated heterocycles. The van der Waals surface area contributed by atoms with Crippen molar-refractivity contribution in [2.75, 3.05) is 6.61 Å². The van der Waals surface area contributed by atoms with Crippen LogP contribution in [0.25, 0.3) is 21.8 Å². The van der Waals surface area contributed by atoms with Crippen LogP contribution < -0.4 is 15.9 Å². The summed E-state index contributed by atoms with van der Waals surface area (Å²) in [5.41, 5.74) is 3.39. The SMILES string of the molecule is CCCC1COc2c3c(cc4c(C)cc(=O)n1c24)c(C)cc(=O)n3C. The molecule has 0 bridgehead atoms. The third-order valence-electron chi connectivity index (χ3n) is 5.31. The zero-order valence-corrected chi connectivity index (χ0v) is 15.0. The van der Waals surface area contributed by atoms with Gasteiger partial charge in [0.25, 0.3) is 11.1 Å². The van der Waals surface area contributed by atoms with Gasteiger partial charge in [0.15, 0.2) is 5.75 Å². The molecule has 0 radical (unpaired) electrons. The van der Waals surface area contributed by atoms with E-state index >= 15 is 0 Å². The zero-order chi connectivity index (χ0) is 17.9. The highest BCUT2D eigenvalue weighted by Gasteiger charge is 2.27. The smallest absolute Gasteiger partial charge is 0.251 e. The van der Waals surface area contributed by atoms with Gasteiger partial charge < -0.3 is 9.30 Å². The van der Waals surface area contributed by atoms with E-state index in [1.54, 1.807) is 23.7 Å². The fourth-order valence-electron chi connectivity index (χ4n) is 4.02. The minimum atomic E-state index is -0.0681. The molecule has 1 aliphatic heterocycles. The van der Waals surface area contributed by atoms with Crippen molar-refractivity contribution < 1.29 is 4.74 Å². The number of nitrogens with zero attached hydrogens (tertiary/aromatic N) is 2. The normalized spacial score (nSPS) is 16.4. The molecule has 0 spiro atoms. The summed E-state index contributed by atoms with van der Waals surface area (Å²) in [7, 11) is 1.76. The Kier molecular flexibility index (Phi) is 3.49. The molecule has 1 aromatic carbocycles. The van der Waals surface area contributed by atoms with Gasteiger partial charge in [-0.3, -0.25) is 14.2 Å². The highest BCUT2D eigenvalue weighted by Crippen LogP contribution is 2.40. The summed E-state index contributed by atoms with van der Waals surface area (Å²) >= 11 is 0. The lowest BCUT2D eigenvalue weighted by molar-refractivity contribution is 0.226. The Labute approximate surface area is 145 Å². The summed E-state index contributed by atoms with van der Waals surface area (Å²) in [6.45, 7) is 6.47. The van der Waals surface area contributed by atoms with E-state index in [9.17, 15) is 9.59 Å². The van der Waals surface area contributed by atoms with E-state index in [2.05, 4.69) is 13.0 Å². The van der Waals surface area contributed by atoms with Crippen molar-refractivity contribution in [3.05, 3.63) is 50.0 Å². The van der Waals surface area contributed by atoms with Gasteiger partial charge in [-0.2, -0.15) is 0 Å². The molecule has 0 N–H and O–H groups in total. The van der Waals surface area contributed by atoms with Crippen molar-refractivity contribution in [1.82, 2.24) is 9.13 Å². The molecular formula is C20H22N2O3. The first-order valence-electron chi connectivity index (χ1n) is 8.76. The second-order valence-electron chi connectivity index (χ2n) is 7.01. The maximum absolute atomic E-state index is 12.8.